The van der Waals surface area contributed by atoms with Crippen LogP contribution >= 0.6 is 0 Å². The molecule has 25 heavy (non-hydrogen) atoms. The van der Waals surface area contributed by atoms with Crippen LogP contribution in [0.2, 0.25) is 0 Å². The average molecular weight is 344 g/mol. The Morgan fingerprint density at radius 3 is 2.64 bits per heavy atom. The van der Waals surface area contributed by atoms with Crippen molar-refractivity contribution in [3.63, 3.8) is 0 Å². The van der Waals surface area contributed by atoms with Gasteiger partial charge in [0.05, 0.1) is 5.52 Å². The third kappa shape index (κ3) is 3.28. The predicted molar refractivity (Wildman–Crippen MR) is 93.5 cm³/mol. The minimum absolute atomic E-state index is 0.205. The number of benzene rings is 1. The smallest absolute Gasteiger partial charge is 0.418 e. The van der Waals surface area contributed by atoms with E-state index in [1.807, 2.05) is 0 Å². The number of fused-ring (bicyclic) bond motifs is 1. The summed E-state index contributed by atoms with van der Waals surface area (Å²) in [4.78, 5) is 37.2. The summed E-state index contributed by atoms with van der Waals surface area (Å²) in [5.74, 6) is -0.313. The summed E-state index contributed by atoms with van der Waals surface area (Å²) in [5, 5.41) is 2.95. The summed E-state index contributed by atoms with van der Waals surface area (Å²) < 4.78 is 6.75. The van der Waals surface area contributed by atoms with E-state index in [1.54, 1.807) is 45.2 Å². The molecule has 1 saturated heterocycles. The van der Waals surface area contributed by atoms with Gasteiger partial charge in [0, 0.05) is 35.9 Å². The van der Waals surface area contributed by atoms with Crippen molar-refractivity contribution < 1.29 is 19.1 Å². The maximum atomic E-state index is 12.4. The second-order valence-corrected chi connectivity index (χ2v) is 6.89. The molecule has 1 aliphatic heterocycles. The Bertz CT molecular complexity index is 879. The van der Waals surface area contributed by atoms with Crippen molar-refractivity contribution in [1.82, 2.24) is 9.88 Å². The number of imide groups is 1. The molecule has 2 heterocycles. The van der Waals surface area contributed by atoms with Crippen molar-refractivity contribution in [1.29, 1.82) is 0 Å². The number of ether oxygens (including phenoxy) is 1. The summed E-state index contributed by atoms with van der Waals surface area (Å²) in [7, 11) is 0. The highest BCUT2D eigenvalue weighted by Gasteiger charge is 2.26. The number of carbonyl (C=O) groups excluding carboxylic acids is 3. The van der Waals surface area contributed by atoms with Gasteiger partial charge in [0.15, 0.2) is 0 Å². The van der Waals surface area contributed by atoms with Crippen LogP contribution in [-0.4, -0.2) is 34.7 Å². The van der Waals surface area contributed by atoms with Gasteiger partial charge in [0.25, 0.3) is 0 Å². The molecule has 0 radical (unpaired) electrons. The van der Waals surface area contributed by atoms with Crippen LogP contribution in [0, 0.1) is 0 Å². The zero-order valence-corrected chi connectivity index (χ0v) is 14.3. The minimum Gasteiger partial charge on any atom is -0.443 e. The van der Waals surface area contributed by atoms with E-state index in [2.05, 4.69) is 5.32 Å². The second-order valence-electron chi connectivity index (χ2n) is 6.89. The van der Waals surface area contributed by atoms with Gasteiger partial charge in [0.1, 0.15) is 5.60 Å². The van der Waals surface area contributed by atoms with Gasteiger partial charge in [-0.05, 0) is 39.0 Å². The molecule has 3 rings (SSSR count). The number of nitrogens with zero attached hydrogens (tertiary/aromatic N) is 2. The lowest BCUT2D eigenvalue weighted by Crippen LogP contribution is -2.49. The summed E-state index contributed by atoms with van der Waals surface area (Å²) in [6.07, 6.45) is 1.26. The molecule has 132 valence electrons. The van der Waals surface area contributed by atoms with Gasteiger partial charge in [-0.25, -0.2) is 9.59 Å². The molecule has 1 aliphatic rings. The molecule has 1 fully saturated rings. The monoisotopic (exact) mass is 344 g/mol. The fourth-order valence-corrected chi connectivity index (χ4v) is 2.69. The number of nitrogens with two attached hydrogens (primary N) is 1. The number of rotatable bonds is 1. The first-order valence-corrected chi connectivity index (χ1v) is 7.91. The average Bonchev–Trinajstić information content (AvgIpc) is 2.89. The third-order valence-electron chi connectivity index (χ3n) is 3.78. The quantitative estimate of drug-likeness (QED) is 0.773. The summed E-state index contributed by atoms with van der Waals surface area (Å²) in [6.45, 7) is 5.60. The van der Waals surface area contributed by atoms with Crippen LogP contribution in [0.15, 0.2) is 24.4 Å². The lowest BCUT2D eigenvalue weighted by Gasteiger charge is -2.27. The molecular weight excluding hydrogens is 324 g/mol. The van der Waals surface area contributed by atoms with Crippen LogP contribution in [0.3, 0.4) is 0 Å². The highest BCUT2D eigenvalue weighted by atomic mass is 16.6. The molecule has 0 spiro atoms. The number of hydrogen-bond acceptors (Lipinski definition) is 5. The number of amides is 3. The van der Waals surface area contributed by atoms with Gasteiger partial charge < -0.3 is 10.5 Å². The van der Waals surface area contributed by atoms with E-state index in [1.165, 1.54) is 9.47 Å². The number of carbonyl (C=O) groups is 3. The van der Waals surface area contributed by atoms with Crippen molar-refractivity contribution >= 4 is 40.3 Å². The number of hydrogen-bond donors (Lipinski definition) is 2. The fraction of sp³-hybridized carbons (Fsp3) is 0.353. The Labute approximate surface area is 144 Å². The fourth-order valence-electron chi connectivity index (χ4n) is 2.69. The zero-order chi connectivity index (χ0) is 18.4. The van der Waals surface area contributed by atoms with Crippen molar-refractivity contribution in [3.8, 4) is 0 Å². The molecule has 0 saturated carbocycles. The van der Waals surface area contributed by atoms with Crippen LogP contribution in [0.5, 0.6) is 0 Å². The number of urea groups is 1. The van der Waals surface area contributed by atoms with Crippen LogP contribution in [0.25, 0.3) is 10.9 Å². The Balaban J connectivity index is 2.03. The van der Waals surface area contributed by atoms with Crippen molar-refractivity contribution in [2.45, 2.75) is 32.8 Å². The normalized spacial score (nSPS) is 15.4. The number of aromatic nitrogens is 1. The Hall–Kier alpha value is -3.03. The SMILES string of the molecule is CC(C)(C)OC(=O)n1ccc2c(N)cc(N3CCC(=O)NC3=O)cc21. The van der Waals surface area contributed by atoms with E-state index in [-0.39, 0.29) is 18.9 Å². The Morgan fingerprint density at radius 2 is 2.00 bits per heavy atom. The van der Waals surface area contributed by atoms with E-state index in [9.17, 15) is 14.4 Å². The summed E-state index contributed by atoms with van der Waals surface area (Å²) in [5.41, 5.74) is 6.93. The van der Waals surface area contributed by atoms with E-state index >= 15 is 0 Å². The number of nitrogen functional groups attached to an aromatic ring is 1. The van der Waals surface area contributed by atoms with Crippen LogP contribution in [0.4, 0.5) is 21.0 Å². The highest BCUT2D eigenvalue weighted by molar-refractivity contribution is 6.07. The van der Waals surface area contributed by atoms with Gasteiger partial charge in [-0.2, -0.15) is 0 Å². The van der Waals surface area contributed by atoms with Crippen LogP contribution in [0.1, 0.15) is 27.2 Å². The standard InChI is InChI=1S/C17H20N4O4/c1-17(2,3)25-16(24)21-6-4-11-12(18)8-10(9-13(11)21)20-7-5-14(22)19-15(20)23/h4,6,8-9H,5,7,18H2,1-3H3,(H,19,22,23). The first-order chi connectivity index (χ1) is 11.7. The van der Waals surface area contributed by atoms with Crippen molar-refractivity contribution in [2.75, 3.05) is 17.2 Å². The predicted octanol–water partition coefficient (Wildman–Crippen LogP) is 2.45. The molecule has 2 aromatic rings. The first kappa shape index (κ1) is 16.8. The maximum absolute atomic E-state index is 12.4. The van der Waals surface area contributed by atoms with Crippen molar-refractivity contribution in [3.05, 3.63) is 24.4 Å². The lowest BCUT2D eigenvalue weighted by molar-refractivity contribution is -0.120. The topological polar surface area (TPSA) is 107 Å². The number of anilines is 2. The minimum atomic E-state index is -0.635. The van der Waals surface area contributed by atoms with E-state index in [0.29, 0.717) is 22.3 Å². The molecule has 0 aliphatic carbocycles. The van der Waals surface area contributed by atoms with Gasteiger partial charge in [-0.3, -0.25) is 19.6 Å². The summed E-state index contributed by atoms with van der Waals surface area (Å²) in [6, 6.07) is 4.55. The van der Waals surface area contributed by atoms with Crippen LogP contribution < -0.4 is 16.0 Å². The van der Waals surface area contributed by atoms with E-state index in [0.717, 1.165) is 0 Å². The summed E-state index contributed by atoms with van der Waals surface area (Å²) >= 11 is 0. The number of nitrogens with one attached hydrogen (secondary N) is 1. The Morgan fingerprint density at radius 1 is 1.28 bits per heavy atom. The first-order valence-electron chi connectivity index (χ1n) is 7.91. The van der Waals surface area contributed by atoms with Crippen molar-refractivity contribution in [2.24, 2.45) is 0 Å². The van der Waals surface area contributed by atoms with Gasteiger partial charge in [0.2, 0.25) is 5.91 Å². The van der Waals surface area contributed by atoms with Crippen LogP contribution in [-0.2, 0) is 9.53 Å². The Kier molecular flexibility index (Phi) is 3.90. The maximum Gasteiger partial charge on any atom is 0.418 e. The van der Waals surface area contributed by atoms with Gasteiger partial charge in [-0.15, -0.1) is 0 Å². The highest BCUT2D eigenvalue weighted by Crippen LogP contribution is 2.30. The molecule has 1 aromatic carbocycles. The second kappa shape index (κ2) is 5.80. The molecule has 0 bridgehead atoms. The molecule has 3 N–H and O–H groups in total. The molecular formula is C17H20N4O4. The molecule has 1 aromatic heterocycles. The molecule has 8 nitrogen and oxygen atoms in total. The van der Waals surface area contributed by atoms with E-state index < -0.39 is 17.7 Å². The molecule has 0 atom stereocenters. The molecule has 8 heteroatoms. The lowest BCUT2D eigenvalue weighted by atomic mass is 10.1. The molecule has 0 unspecified atom stereocenters. The van der Waals surface area contributed by atoms with Gasteiger partial charge >= 0.3 is 12.1 Å². The third-order valence-corrected chi connectivity index (χ3v) is 3.78. The molecule has 3 amide bonds. The van der Waals surface area contributed by atoms with E-state index in [4.69, 9.17) is 10.5 Å². The zero-order valence-electron chi connectivity index (χ0n) is 14.3. The largest absolute Gasteiger partial charge is 0.443 e. The van der Waals surface area contributed by atoms with Gasteiger partial charge in [-0.1, -0.05) is 0 Å².